The lowest BCUT2D eigenvalue weighted by Gasteiger charge is -2.11. The van der Waals surface area contributed by atoms with Crippen molar-refractivity contribution in [2.75, 3.05) is 10.6 Å². The van der Waals surface area contributed by atoms with Crippen LogP contribution in [0, 0.1) is 6.92 Å². The third kappa shape index (κ3) is 3.23. The number of hydrogen-bond donors (Lipinski definition) is 2. The normalized spacial score (nSPS) is 9.90. The molecule has 2 aromatic carbocycles. The Labute approximate surface area is 117 Å². The molecule has 2 N–H and O–H groups in total. The molecular weight excluding hydrogens is 252 g/mol. The maximum absolute atomic E-state index is 12.3. The minimum absolute atomic E-state index is 0.207. The van der Waals surface area contributed by atoms with E-state index in [-0.39, 0.29) is 11.8 Å². The summed E-state index contributed by atoms with van der Waals surface area (Å²) in [6.45, 7) is 3.34. The van der Waals surface area contributed by atoms with Gasteiger partial charge in [0.1, 0.15) is 0 Å². The molecule has 0 aliphatic heterocycles. The molecule has 2 amide bonds. The highest BCUT2D eigenvalue weighted by atomic mass is 16.2. The van der Waals surface area contributed by atoms with Crippen LogP contribution in [0.15, 0.2) is 48.5 Å². The number of nitrogens with one attached hydrogen (secondary N) is 2. The third-order valence-electron chi connectivity index (χ3n) is 2.88. The summed E-state index contributed by atoms with van der Waals surface area (Å²) in [6, 6.07) is 14.5. The van der Waals surface area contributed by atoms with Crippen molar-refractivity contribution in [1.29, 1.82) is 0 Å². The largest absolute Gasteiger partial charge is 0.326 e. The van der Waals surface area contributed by atoms with E-state index in [9.17, 15) is 9.59 Å². The molecule has 0 saturated heterocycles. The van der Waals surface area contributed by atoms with Crippen LogP contribution in [-0.2, 0) is 4.79 Å². The van der Waals surface area contributed by atoms with Crippen LogP contribution in [0.25, 0.3) is 0 Å². The van der Waals surface area contributed by atoms with E-state index in [0.717, 1.165) is 11.3 Å². The fraction of sp³-hybridized carbons (Fsp3) is 0.125. The van der Waals surface area contributed by atoms with Crippen LogP contribution in [0.4, 0.5) is 11.4 Å². The zero-order valence-electron chi connectivity index (χ0n) is 11.4. The number of para-hydroxylation sites is 2. The number of carbonyl (C=O) groups is 2. The molecule has 102 valence electrons. The topological polar surface area (TPSA) is 58.2 Å². The van der Waals surface area contributed by atoms with Gasteiger partial charge in [-0.05, 0) is 30.7 Å². The monoisotopic (exact) mass is 268 g/mol. The van der Waals surface area contributed by atoms with E-state index in [0.29, 0.717) is 11.3 Å². The van der Waals surface area contributed by atoms with E-state index in [2.05, 4.69) is 10.6 Å². The molecule has 0 heterocycles. The van der Waals surface area contributed by atoms with Gasteiger partial charge in [-0.3, -0.25) is 9.59 Å². The summed E-state index contributed by atoms with van der Waals surface area (Å²) in [5.74, 6) is -0.454. The molecule has 0 bridgehead atoms. The van der Waals surface area contributed by atoms with Crippen LogP contribution in [-0.4, -0.2) is 11.8 Å². The first-order valence-electron chi connectivity index (χ1n) is 6.31. The van der Waals surface area contributed by atoms with Crippen molar-refractivity contribution in [1.82, 2.24) is 0 Å². The van der Waals surface area contributed by atoms with Crippen LogP contribution in [0.1, 0.15) is 22.8 Å². The van der Waals surface area contributed by atoms with Gasteiger partial charge >= 0.3 is 0 Å². The van der Waals surface area contributed by atoms with Crippen molar-refractivity contribution in [3.63, 3.8) is 0 Å². The summed E-state index contributed by atoms with van der Waals surface area (Å²) in [5, 5.41) is 5.50. The van der Waals surface area contributed by atoms with E-state index in [1.54, 1.807) is 24.3 Å². The van der Waals surface area contributed by atoms with Gasteiger partial charge in [-0.2, -0.15) is 0 Å². The Morgan fingerprint density at radius 1 is 0.850 bits per heavy atom. The molecule has 0 aliphatic carbocycles. The Balaban J connectivity index is 2.26. The summed E-state index contributed by atoms with van der Waals surface area (Å²) >= 11 is 0. The maximum Gasteiger partial charge on any atom is 0.257 e. The molecule has 0 aliphatic rings. The van der Waals surface area contributed by atoms with Gasteiger partial charge < -0.3 is 10.6 Å². The van der Waals surface area contributed by atoms with Gasteiger partial charge in [0, 0.05) is 12.6 Å². The molecule has 0 aromatic heterocycles. The van der Waals surface area contributed by atoms with Crippen LogP contribution in [0.2, 0.25) is 0 Å². The summed E-state index contributed by atoms with van der Waals surface area (Å²) in [5.41, 5.74) is 2.69. The molecule has 20 heavy (non-hydrogen) atoms. The first-order chi connectivity index (χ1) is 9.58. The van der Waals surface area contributed by atoms with Crippen molar-refractivity contribution < 1.29 is 9.59 Å². The molecule has 0 spiro atoms. The number of amides is 2. The fourth-order valence-electron chi connectivity index (χ4n) is 1.88. The Hall–Kier alpha value is -2.62. The minimum Gasteiger partial charge on any atom is -0.326 e. The number of hydrogen-bond acceptors (Lipinski definition) is 2. The Morgan fingerprint density at radius 2 is 1.45 bits per heavy atom. The van der Waals surface area contributed by atoms with E-state index in [1.165, 1.54) is 6.92 Å². The zero-order chi connectivity index (χ0) is 14.5. The highest BCUT2D eigenvalue weighted by Gasteiger charge is 2.12. The predicted molar refractivity (Wildman–Crippen MR) is 79.9 cm³/mol. The van der Waals surface area contributed by atoms with Crippen LogP contribution < -0.4 is 10.6 Å². The van der Waals surface area contributed by atoms with Crippen LogP contribution in [0.5, 0.6) is 0 Å². The molecule has 4 nitrogen and oxygen atoms in total. The molecule has 0 unspecified atom stereocenters. The molecule has 0 fully saturated rings. The van der Waals surface area contributed by atoms with Gasteiger partial charge in [-0.15, -0.1) is 0 Å². The molecular formula is C16H16N2O2. The fourth-order valence-corrected chi connectivity index (χ4v) is 1.88. The van der Waals surface area contributed by atoms with E-state index >= 15 is 0 Å². The van der Waals surface area contributed by atoms with Crippen molar-refractivity contribution in [2.24, 2.45) is 0 Å². The Morgan fingerprint density at radius 3 is 2.10 bits per heavy atom. The lowest BCUT2D eigenvalue weighted by molar-refractivity contribution is -0.114. The second kappa shape index (κ2) is 6.02. The standard InChI is InChI=1S/C16H16N2O2/c1-11-7-3-5-9-14(11)18-16(20)13-8-4-6-10-15(13)17-12(2)19/h3-10H,1-2H3,(H,17,19)(H,18,20). The van der Waals surface area contributed by atoms with E-state index in [1.807, 2.05) is 31.2 Å². The minimum atomic E-state index is -0.247. The predicted octanol–water partition coefficient (Wildman–Crippen LogP) is 3.21. The molecule has 2 aromatic rings. The molecule has 4 heteroatoms. The smallest absolute Gasteiger partial charge is 0.257 e. The SMILES string of the molecule is CC(=O)Nc1ccccc1C(=O)Nc1ccccc1C. The molecule has 0 radical (unpaired) electrons. The number of aryl methyl sites for hydroxylation is 1. The van der Waals surface area contributed by atoms with Gasteiger partial charge in [-0.25, -0.2) is 0 Å². The average molecular weight is 268 g/mol. The van der Waals surface area contributed by atoms with Crippen molar-refractivity contribution in [3.8, 4) is 0 Å². The molecule has 0 saturated carbocycles. The lowest BCUT2D eigenvalue weighted by atomic mass is 10.1. The zero-order valence-corrected chi connectivity index (χ0v) is 11.4. The third-order valence-corrected chi connectivity index (χ3v) is 2.88. The van der Waals surface area contributed by atoms with E-state index in [4.69, 9.17) is 0 Å². The van der Waals surface area contributed by atoms with Crippen molar-refractivity contribution >= 4 is 23.2 Å². The van der Waals surface area contributed by atoms with Gasteiger partial charge in [-0.1, -0.05) is 30.3 Å². The van der Waals surface area contributed by atoms with Gasteiger partial charge in [0.05, 0.1) is 11.3 Å². The average Bonchev–Trinajstić information content (AvgIpc) is 2.41. The number of rotatable bonds is 3. The summed E-state index contributed by atoms with van der Waals surface area (Å²) in [7, 11) is 0. The van der Waals surface area contributed by atoms with Crippen molar-refractivity contribution in [3.05, 3.63) is 59.7 Å². The second-order valence-electron chi connectivity index (χ2n) is 4.50. The number of carbonyl (C=O) groups excluding carboxylic acids is 2. The van der Waals surface area contributed by atoms with Crippen molar-refractivity contribution in [2.45, 2.75) is 13.8 Å². The molecule has 2 rings (SSSR count). The van der Waals surface area contributed by atoms with Crippen LogP contribution >= 0.6 is 0 Å². The Kier molecular flexibility index (Phi) is 4.15. The maximum atomic E-state index is 12.3. The van der Waals surface area contributed by atoms with Gasteiger partial charge in [0.2, 0.25) is 5.91 Å². The summed E-state index contributed by atoms with van der Waals surface area (Å²) in [4.78, 5) is 23.5. The van der Waals surface area contributed by atoms with Gasteiger partial charge in [0.25, 0.3) is 5.91 Å². The summed E-state index contributed by atoms with van der Waals surface area (Å²) in [6.07, 6.45) is 0. The highest BCUT2D eigenvalue weighted by Crippen LogP contribution is 2.19. The second-order valence-corrected chi connectivity index (χ2v) is 4.50. The first-order valence-corrected chi connectivity index (χ1v) is 6.31. The molecule has 0 atom stereocenters. The lowest BCUT2D eigenvalue weighted by Crippen LogP contribution is -2.16. The first kappa shape index (κ1) is 13.8. The Bertz CT molecular complexity index is 650. The number of benzene rings is 2. The van der Waals surface area contributed by atoms with Crippen LogP contribution in [0.3, 0.4) is 0 Å². The highest BCUT2D eigenvalue weighted by molar-refractivity contribution is 6.10. The quantitative estimate of drug-likeness (QED) is 0.898. The van der Waals surface area contributed by atoms with E-state index < -0.39 is 0 Å². The van der Waals surface area contributed by atoms with Gasteiger partial charge in [0.15, 0.2) is 0 Å². The summed E-state index contributed by atoms with van der Waals surface area (Å²) < 4.78 is 0. The number of anilines is 2.